The van der Waals surface area contributed by atoms with Gasteiger partial charge in [-0.25, -0.2) is 4.57 Å². The van der Waals surface area contributed by atoms with Gasteiger partial charge in [-0.1, -0.05) is 24.3 Å². The molecule has 6 aromatic rings. The van der Waals surface area contributed by atoms with Crippen molar-refractivity contribution in [2.75, 3.05) is 41.3 Å². The van der Waals surface area contributed by atoms with Crippen LogP contribution in [0.25, 0.3) is 32.7 Å². The molecule has 0 unspecified atom stereocenters. The zero-order chi connectivity index (χ0) is 36.6. The zero-order valence-electron chi connectivity index (χ0n) is 29.0. The third-order valence-electron chi connectivity index (χ3n) is 8.14. The van der Waals surface area contributed by atoms with Crippen LogP contribution < -0.4 is 10.3 Å². The maximum Gasteiger partial charge on any atom is 0.524 e. The fourth-order valence-corrected chi connectivity index (χ4v) is 6.09. The van der Waals surface area contributed by atoms with Crippen molar-refractivity contribution < 1.29 is 33.9 Å². The van der Waals surface area contributed by atoms with E-state index in [4.69, 9.17) is 25.2 Å². The number of aromatic amines is 3. The van der Waals surface area contributed by atoms with Crippen molar-refractivity contribution in [3.05, 3.63) is 95.4 Å². The maximum atomic E-state index is 11.0. The van der Waals surface area contributed by atoms with Gasteiger partial charge < -0.3 is 45.2 Å². The van der Waals surface area contributed by atoms with Crippen molar-refractivity contribution in [2.45, 2.75) is 32.2 Å². The van der Waals surface area contributed by atoms with Crippen LogP contribution in [0.4, 0.5) is 0 Å². The highest BCUT2D eigenvalue weighted by Gasteiger charge is 2.20. The van der Waals surface area contributed by atoms with Gasteiger partial charge in [-0.05, 0) is 101 Å². The number of hydrogen-bond acceptors (Lipinski definition) is 7. The summed E-state index contributed by atoms with van der Waals surface area (Å²) in [5, 5.41) is 21.3. The van der Waals surface area contributed by atoms with Crippen molar-refractivity contribution in [1.29, 1.82) is 0 Å². The first-order valence-electron chi connectivity index (χ1n) is 16.1. The Labute approximate surface area is 290 Å². The van der Waals surface area contributed by atoms with Gasteiger partial charge in [0.25, 0.3) is 0 Å². The normalized spacial score (nSPS) is 12.2. The van der Waals surface area contributed by atoms with E-state index in [0.29, 0.717) is 12.2 Å². The third-order valence-corrected chi connectivity index (χ3v) is 8.58. The van der Waals surface area contributed by atoms with Crippen molar-refractivity contribution in [3.63, 3.8) is 0 Å². The molecule has 0 saturated carbocycles. The number of aliphatic carboxylic acids is 1. The molecule has 9 N–H and O–H groups in total. The summed E-state index contributed by atoms with van der Waals surface area (Å²) in [5.74, 6) is -0.397. The number of nitrogens with zero attached hydrogens (tertiary/aromatic N) is 2. The minimum atomic E-state index is -4.55. The highest BCUT2D eigenvalue weighted by molar-refractivity contribution is 7.46. The molecule has 0 bridgehead atoms. The lowest BCUT2D eigenvalue weighted by molar-refractivity contribution is -0.138. The minimum Gasteiger partial charge on any atom is -0.507 e. The quantitative estimate of drug-likeness (QED) is 0.0832. The number of benzene rings is 3. The molecule has 0 aliphatic heterocycles. The van der Waals surface area contributed by atoms with Crippen molar-refractivity contribution in [1.82, 2.24) is 24.8 Å². The molecular weight excluding hydrogens is 659 g/mol. The lowest BCUT2D eigenvalue weighted by Crippen LogP contribution is -2.32. The van der Waals surface area contributed by atoms with Gasteiger partial charge in [-0.15, -0.1) is 0 Å². The van der Waals surface area contributed by atoms with E-state index in [2.05, 4.69) is 33.9 Å². The van der Waals surface area contributed by atoms with Crippen LogP contribution in [0.15, 0.2) is 73.2 Å². The summed E-state index contributed by atoms with van der Waals surface area (Å²) in [4.78, 5) is 42.2. The van der Waals surface area contributed by atoms with E-state index >= 15 is 0 Å². The smallest absolute Gasteiger partial charge is 0.507 e. The fourth-order valence-electron chi connectivity index (χ4n) is 5.68. The summed E-state index contributed by atoms with van der Waals surface area (Å²) >= 11 is 0. The molecule has 0 aliphatic rings. The van der Waals surface area contributed by atoms with Crippen LogP contribution >= 0.6 is 7.82 Å². The minimum absolute atomic E-state index is 0.209. The second-order valence-electron chi connectivity index (χ2n) is 12.7. The molecule has 6 rings (SSSR count). The molecule has 0 amide bonds. The molecule has 50 heavy (non-hydrogen) atoms. The SMILES string of the molecule is CN(C)CCc1c[nH]c2cccc(O)c12.CN(C)CCc1c[nH]c2cccc(OP(=O)(O)O)c12.Cc1cccc2[nH]cc(C[C@H](N)C(=O)O)c12. The van der Waals surface area contributed by atoms with Crippen LogP contribution in [-0.4, -0.2) is 98.0 Å². The van der Waals surface area contributed by atoms with E-state index in [-0.39, 0.29) is 5.75 Å². The highest BCUT2D eigenvalue weighted by atomic mass is 31.2. The Morgan fingerprint density at radius 3 is 1.80 bits per heavy atom. The third kappa shape index (κ3) is 10.2. The molecule has 1 atom stereocenters. The van der Waals surface area contributed by atoms with E-state index < -0.39 is 19.8 Å². The van der Waals surface area contributed by atoms with Crippen LogP contribution in [-0.2, 0) is 28.6 Å². The molecule has 0 fully saturated rings. The Hall–Kier alpha value is -4.62. The van der Waals surface area contributed by atoms with Gasteiger partial charge in [0.1, 0.15) is 17.5 Å². The number of aromatic nitrogens is 3. The summed E-state index contributed by atoms with van der Waals surface area (Å²) < 4.78 is 15.8. The van der Waals surface area contributed by atoms with Gasteiger partial charge in [-0.3, -0.25) is 14.6 Å². The maximum absolute atomic E-state index is 11.0. The number of nitrogens with one attached hydrogen (secondary N) is 3. The standard InChI is InChI=1S/C12H17N2O4P.C12H14N2O2.C12H16N2O/c1-14(2)7-6-9-8-13-10-4-3-5-11(12(9)10)18-19(15,16)17;1-7-3-2-4-10-11(7)8(6-14-10)5-9(13)12(15)16;1-14(2)7-6-9-8-13-10-4-3-5-11(15)12(9)10/h3-5,8,13H,6-7H2,1-2H3,(H2,15,16,17);2-4,6,9,14H,5,13H2,1H3,(H,15,16);3-5,8,13,15H,6-7H2,1-2H3/t;9-;/m.0./s1. The molecule has 0 saturated heterocycles. The summed E-state index contributed by atoms with van der Waals surface area (Å²) in [6.45, 7) is 3.84. The molecule has 0 radical (unpaired) electrons. The van der Waals surface area contributed by atoms with Crippen LogP contribution in [0.3, 0.4) is 0 Å². The van der Waals surface area contributed by atoms with Gasteiger partial charge in [0.15, 0.2) is 0 Å². The van der Waals surface area contributed by atoms with E-state index in [1.807, 2.05) is 80.9 Å². The van der Waals surface area contributed by atoms with Gasteiger partial charge in [0.05, 0.1) is 0 Å². The number of aryl methyl sites for hydroxylation is 1. The first-order chi connectivity index (χ1) is 23.6. The summed E-state index contributed by atoms with van der Waals surface area (Å²) in [7, 11) is 3.50. The molecule has 3 aromatic heterocycles. The lowest BCUT2D eigenvalue weighted by Gasteiger charge is -2.11. The number of hydrogen-bond donors (Lipinski definition) is 8. The Balaban J connectivity index is 0.000000170. The number of phenols is 1. The molecule has 0 spiro atoms. The van der Waals surface area contributed by atoms with E-state index in [9.17, 15) is 14.5 Å². The lowest BCUT2D eigenvalue weighted by atomic mass is 10.0. The highest BCUT2D eigenvalue weighted by Crippen LogP contribution is 2.41. The van der Waals surface area contributed by atoms with Gasteiger partial charge in [0, 0.05) is 70.8 Å². The number of nitrogens with two attached hydrogens (primary N) is 1. The monoisotopic (exact) mass is 706 g/mol. The Kier molecular flexibility index (Phi) is 12.9. The molecule has 3 aromatic carbocycles. The van der Waals surface area contributed by atoms with Gasteiger partial charge in [0.2, 0.25) is 0 Å². The second kappa shape index (κ2) is 16.9. The molecule has 13 nitrogen and oxygen atoms in total. The molecule has 14 heteroatoms. The fraction of sp³-hybridized carbons (Fsp3) is 0.306. The largest absolute Gasteiger partial charge is 0.524 e. The van der Waals surface area contributed by atoms with Crippen molar-refractivity contribution >= 4 is 46.5 Å². The summed E-state index contributed by atoms with van der Waals surface area (Å²) in [5.41, 5.74) is 12.6. The Bertz CT molecular complexity index is 2080. The molecule has 3 heterocycles. The topological polar surface area (TPSA) is 204 Å². The van der Waals surface area contributed by atoms with E-state index in [1.165, 1.54) is 5.56 Å². The number of H-pyrrole nitrogens is 3. The predicted octanol–water partition coefficient (Wildman–Crippen LogP) is 5.15. The molecule has 0 aliphatic carbocycles. The number of carbonyl (C=O) groups is 1. The number of phosphoric ester groups is 1. The number of carboxylic acids is 1. The average molecular weight is 707 g/mol. The first kappa shape index (κ1) is 38.2. The van der Waals surface area contributed by atoms with Crippen molar-refractivity contribution in [2.24, 2.45) is 5.73 Å². The summed E-state index contributed by atoms with van der Waals surface area (Å²) in [6.07, 6.45) is 7.73. The number of aromatic hydroxyl groups is 1. The number of carboxylic acid groups (broad SMARTS) is 1. The van der Waals surface area contributed by atoms with Crippen LogP contribution in [0.1, 0.15) is 22.3 Å². The van der Waals surface area contributed by atoms with Crippen LogP contribution in [0.2, 0.25) is 0 Å². The Morgan fingerprint density at radius 1 is 0.780 bits per heavy atom. The summed E-state index contributed by atoms with van der Waals surface area (Å²) in [6, 6.07) is 15.8. The van der Waals surface area contributed by atoms with Crippen LogP contribution in [0.5, 0.6) is 11.5 Å². The van der Waals surface area contributed by atoms with Gasteiger partial charge >= 0.3 is 13.8 Å². The Morgan fingerprint density at radius 2 is 1.26 bits per heavy atom. The first-order valence-corrected chi connectivity index (χ1v) is 17.6. The molecular formula is C36H47N6O7P. The average Bonchev–Trinajstić information content (AvgIpc) is 3.77. The predicted molar refractivity (Wildman–Crippen MR) is 198 cm³/mol. The van der Waals surface area contributed by atoms with Crippen molar-refractivity contribution in [3.8, 4) is 11.5 Å². The number of fused-ring (bicyclic) bond motifs is 3. The number of phosphoric acid groups is 1. The number of rotatable bonds is 11. The van der Waals surface area contributed by atoms with E-state index in [0.717, 1.165) is 75.3 Å². The van der Waals surface area contributed by atoms with Crippen LogP contribution in [0, 0.1) is 6.92 Å². The number of likely N-dealkylation sites (N-methyl/N-ethyl adjacent to an activating group) is 2. The molecule has 268 valence electrons. The zero-order valence-corrected chi connectivity index (χ0v) is 29.9. The van der Waals surface area contributed by atoms with Gasteiger partial charge in [-0.2, -0.15) is 0 Å². The van der Waals surface area contributed by atoms with E-state index in [1.54, 1.807) is 18.2 Å². The number of phenolic OH excluding ortho intramolecular Hbond substituents is 1. The second-order valence-corrected chi connectivity index (χ2v) is 13.8.